The van der Waals surface area contributed by atoms with Gasteiger partial charge in [-0.05, 0) is 25.5 Å². The molecule has 72 valence electrons. The predicted octanol–water partition coefficient (Wildman–Crippen LogP) is 3.12. The summed E-state index contributed by atoms with van der Waals surface area (Å²) >= 11 is 3.13. The molecule has 0 aliphatic heterocycles. The molecule has 3 nitrogen and oxygen atoms in total. The summed E-state index contributed by atoms with van der Waals surface area (Å²) in [6.07, 6.45) is 0. The van der Waals surface area contributed by atoms with Crippen molar-refractivity contribution in [3.63, 3.8) is 0 Å². The van der Waals surface area contributed by atoms with Crippen LogP contribution in [0.15, 0.2) is 27.4 Å². The molecule has 1 aromatic carbocycles. The largest absolute Gasteiger partial charge is 0.411 e. The molecule has 0 unspecified atom stereocenters. The number of aromatic nitrogens is 2. The minimum atomic E-state index is 0.411. The van der Waals surface area contributed by atoms with E-state index in [1.54, 1.807) is 0 Å². The van der Waals surface area contributed by atoms with Crippen LogP contribution in [-0.2, 0) is 0 Å². The molecule has 14 heavy (non-hydrogen) atoms. The van der Waals surface area contributed by atoms with Gasteiger partial charge in [-0.25, -0.2) is 0 Å². The average molecular weight is 253 g/mol. The molecule has 1 heterocycles. The lowest BCUT2D eigenvalue weighted by atomic mass is 10.1. The van der Waals surface area contributed by atoms with E-state index in [4.69, 9.17) is 4.42 Å². The third-order valence-electron chi connectivity index (χ3n) is 2.02. The second-order valence-corrected chi connectivity index (χ2v) is 3.86. The van der Waals surface area contributed by atoms with Crippen LogP contribution < -0.4 is 0 Å². The van der Waals surface area contributed by atoms with Gasteiger partial charge in [0.1, 0.15) is 0 Å². The fourth-order valence-corrected chi connectivity index (χ4v) is 1.51. The van der Waals surface area contributed by atoms with Gasteiger partial charge in [-0.3, -0.25) is 0 Å². The normalized spacial score (nSPS) is 10.5. The lowest BCUT2D eigenvalue weighted by Crippen LogP contribution is -1.84. The van der Waals surface area contributed by atoms with Gasteiger partial charge in [-0.1, -0.05) is 17.7 Å². The van der Waals surface area contributed by atoms with E-state index in [0.717, 1.165) is 11.1 Å². The monoisotopic (exact) mass is 252 g/mol. The van der Waals surface area contributed by atoms with Gasteiger partial charge in [-0.15, -0.1) is 10.2 Å². The number of rotatable bonds is 1. The van der Waals surface area contributed by atoms with Crippen LogP contribution in [0.3, 0.4) is 0 Å². The van der Waals surface area contributed by atoms with Gasteiger partial charge >= 0.3 is 0 Å². The van der Waals surface area contributed by atoms with E-state index in [1.807, 2.05) is 26.0 Å². The van der Waals surface area contributed by atoms with Crippen molar-refractivity contribution >= 4 is 15.9 Å². The van der Waals surface area contributed by atoms with Crippen LogP contribution in [0, 0.1) is 13.8 Å². The average Bonchev–Trinajstić information content (AvgIpc) is 2.56. The molecule has 2 rings (SSSR count). The summed E-state index contributed by atoms with van der Waals surface area (Å²) in [5.74, 6) is 0.554. The van der Waals surface area contributed by atoms with Crippen molar-refractivity contribution in [2.45, 2.75) is 13.8 Å². The maximum atomic E-state index is 5.30. The van der Waals surface area contributed by atoms with Crippen LogP contribution >= 0.6 is 15.9 Å². The van der Waals surface area contributed by atoms with Crippen molar-refractivity contribution < 1.29 is 4.42 Å². The first-order chi connectivity index (χ1) is 6.66. The number of hydrogen-bond acceptors (Lipinski definition) is 3. The van der Waals surface area contributed by atoms with Crippen molar-refractivity contribution in [3.05, 3.63) is 34.1 Å². The minimum absolute atomic E-state index is 0.411. The molecule has 0 N–H and O–H groups in total. The SMILES string of the molecule is Cc1ccc(C)c(-c2nnc(Br)o2)c1. The Morgan fingerprint density at radius 1 is 1.21 bits per heavy atom. The first-order valence-corrected chi connectivity index (χ1v) is 5.03. The van der Waals surface area contributed by atoms with Gasteiger partial charge < -0.3 is 4.42 Å². The molecule has 0 bridgehead atoms. The highest BCUT2D eigenvalue weighted by Gasteiger charge is 2.09. The molecule has 0 spiro atoms. The Morgan fingerprint density at radius 2 is 2.00 bits per heavy atom. The summed E-state index contributed by atoms with van der Waals surface area (Å²) < 4.78 is 5.30. The van der Waals surface area contributed by atoms with Crippen LogP contribution in [0.2, 0.25) is 0 Å². The van der Waals surface area contributed by atoms with Crippen LogP contribution in [0.4, 0.5) is 0 Å². The quantitative estimate of drug-likeness (QED) is 0.783. The molecular formula is C10H9BrN2O. The molecule has 0 saturated carbocycles. The molecule has 0 radical (unpaired) electrons. The maximum Gasteiger partial charge on any atom is 0.285 e. The predicted molar refractivity (Wildman–Crippen MR) is 56.9 cm³/mol. The second-order valence-electron chi connectivity index (χ2n) is 3.18. The molecule has 0 amide bonds. The Labute approximate surface area is 90.3 Å². The number of nitrogens with zero attached hydrogens (tertiary/aromatic N) is 2. The van der Waals surface area contributed by atoms with Crippen LogP contribution in [-0.4, -0.2) is 10.2 Å². The third kappa shape index (κ3) is 1.70. The van der Waals surface area contributed by atoms with Crippen molar-refractivity contribution in [2.24, 2.45) is 0 Å². The standard InChI is InChI=1S/C10H9BrN2O/c1-6-3-4-7(2)8(5-6)9-12-13-10(11)14-9/h3-5H,1-2H3. The van der Waals surface area contributed by atoms with Gasteiger partial charge in [0.25, 0.3) is 4.80 Å². The third-order valence-corrected chi connectivity index (χ3v) is 2.34. The fraction of sp³-hybridized carbons (Fsp3) is 0.200. The lowest BCUT2D eigenvalue weighted by molar-refractivity contribution is 0.540. The minimum Gasteiger partial charge on any atom is -0.411 e. The highest BCUT2D eigenvalue weighted by Crippen LogP contribution is 2.24. The highest BCUT2D eigenvalue weighted by molar-refractivity contribution is 9.10. The van der Waals surface area contributed by atoms with Crippen LogP contribution in [0.25, 0.3) is 11.5 Å². The summed E-state index contributed by atoms with van der Waals surface area (Å²) in [6, 6.07) is 6.14. The summed E-state index contributed by atoms with van der Waals surface area (Å²) in [5, 5.41) is 7.69. The van der Waals surface area contributed by atoms with E-state index in [-0.39, 0.29) is 0 Å². The van der Waals surface area contributed by atoms with Gasteiger partial charge in [0.15, 0.2) is 0 Å². The van der Waals surface area contributed by atoms with E-state index in [2.05, 4.69) is 32.2 Å². The van der Waals surface area contributed by atoms with Gasteiger partial charge in [0.05, 0.1) is 0 Å². The molecule has 0 fully saturated rings. The summed E-state index contributed by atoms with van der Waals surface area (Å²) in [4.78, 5) is 0.411. The first-order valence-electron chi connectivity index (χ1n) is 4.23. The highest BCUT2D eigenvalue weighted by atomic mass is 79.9. The Morgan fingerprint density at radius 3 is 2.64 bits per heavy atom. The number of benzene rings is 1. The molecule has 4 heteroatoms. The molecule has 1 aromatic heterocycles. The van der Waals surface area contributed by atoms with E-state index in [0.29, 0.717) is 10.7 Å². The molecule has 2 aromatic rings. The first kappa shape index (κ1) is 9.40. The van der Waals surface area contributed by atoms with E-state index >= 15 is 0 Å². The molecule has 0 aliphatic rings. The zero-order valence-corrected chi connectivity index (χ0v) is 9.50. The number of hydrogen-bond donors (Lipinski definition) is 0. The zero-order valence-electron chi connectivity index (χ0n) is 7.91. The molecule has 0 aliphatic carbocycles. The molecule has 0 saturated heterocycles. The van der Waals surface area contributed by atoms with Crippen molar-refractivity contribution in [1.82, 2.24) is 10.2 Å². The van der Waals surface area contributed by atoms with Crippen LogP contribution in [0.1, 0.15) is 11.1 Å². The summed E-state index contributed by atoms with van der Waals surface area (Å²) in [5.41, 5.74) is 3.30. The smallest absolute Gasteiger partial charge is 0.285 e. The Hall–Kier alpha value is -1.16. The Kier molecular flexibility index (Phi) is 2.37. The fourth-order valence-electron chi connectivity index (χ4n) is 1.28. The lowest BCUT2D eigenvalue weighted by Gasteiger charge is -2.01. The van der Waals surface area contributed by atoms with Crippen LogP contribution in [0.5, 0.6) is 0 Å². The van der Waals surface area contributed by atoms with E-state index in [1.165, 1.54) is 5.56 Å². The van der Waals surface area contributed by atoms with Crippen molar-refractivity contribution in [1.29, 1.82) is 0 Å². The zero-order chi connectivity index (χ0) is 10.1. The van der Waals surface area contributed by atoms with E-state index in [9.17, 15) is 0 Å². The topological polar surface area (TPSA) is 38.9 Å². The number of aryl methyl sites for hydroxylation is 2. The van der Waals surface area contributed by atoms with Crippen molar-refractivity contribution in [3.8, 4) is 11.5 Å². The Balaban J connectivity index is 2.55. The number of halogens is 1. The van der Waals surface area contributed by atoms with E-state index < -0.39 is 0 Å². The maximum absolute atomic E-state index is 5.30. The Bertz CT molecular complexity index is 465. The molecule has 0 atom stereocenters. The second kappa shape index (κ2) is 3.53. The van der Waals surface area contributed by atoms with Gasteiger partial charge in [-0.2, -0.15) is 0 Å². The summed E-state index contributed by atoms with van der Waals surface area (Å²) in [6.45, 7) is 4.06. The van der Waals surface area contributed by atoms with Gasteiger partial charge in [0, 0.05) is 21.5 Å². The molecular weight excluding hydrogens is 244 g/mol. The van der Waals surface area contributed by atoms with Gasteiger partial charge in [0.2, 0.25) is 5.89 Å². The summed E-state index contributed by atoms with van der Waals surface area (Å²) in [7, 11) is 0. The van der Waals surface area contributed by atoms with Crippen molar-refractivity contribution in [2.75, 3.05) is 0 Å².